The van der Waals surface area contributed by atoms with E-state index in [4.69, 9.17) is 16.2 Å². The van der Waals surface area contributed by atoms with Crippen LogP contribution in [0.3, 0.4) is 0 Å². The number of carbonyl (C=O) groups is 2. The number of urea groups is 1. The van der Waals surface area contributed by atoms with Crippen LogP contribution in [-0.4, -0.2) is 97.9 Å². The highest BCUT2D eigenvalue weighted by Crippen LogP contribution is 2.32. The van der Waals surface area contributed by atoms with Gasteiger partial charge in [0.05, 0.1) is 25.5 Å². The maximum atomic E-state index is 12.3. The number of benzene rings is 2. The van der Waals surface area contributed by atoms with E-state index < -0.39 is 36.5 Å². The van der Waals surface area contributed by atoms with Gasteiger partial charge in [-0.05, 0) is 36.1 Å². The van der Waals surface area contributed by atoms with E-state index >= 15 is 0 Å². The number of anilines is 2. The molecule has 2 aromatic carbocycles. The molecule has 232 valence electrons. The lowest BCUT2D eigenvalue weighted by atomic mass is 10.0. The molecule has 0 radical (unpaired) electrons. The first kappa shape index (κ1) is 30.2. The highest BCUT2D eigenvalue weighted by molar-refractivity contribution is 6.00. The van der Waals surface area contributed by atoms with Crippen LogP contribution in [0.25, 0.3) is 21.9 Å². The van der Waals surface area contributed by atoms with Crippen molar-refractivity contribution in [2.45, 2.75) is 31.0 Å². The number of ether oxygens (including phenoxy) is 2. The third-order valence-electron chi connectivity index (χ3n) is 7.00. The topological polar surface area (TPSA) is 257 Å². The first-order valence-corrected chi connectivity index (χ1v) is 13.5. The molecule has 44 heavy (non-hydrogen) atoms. The molecule has 1 aliphatic rings. The SMILES string of the molecule is COC(=O)c1cc(O)c2cc(NC(=O)NCCCNC(N)=NC[C@H]3O[C@@H](n4cnc5c(N)ncnc54)[C@@H](O)C3O)ccc2c1. The van der Waals surface area contributed by atoms with Crippen LogP contribution in [0, 0.1) is 0 Å². The summed E-state index contributed by atoms with van der Waals surface area (Å²) in [4.78, 5) is 40.5. The molecule has 0 spiro atoms. The van der Waals surface area contributed by atoms with Crippen molar-refractivity contribution in [1.82, 2.24) is 30.2 Å². The molecule has 2 amide bonds. The maximum Gasteiger partial charge on any atom is 0.338 e. The normalized spacial score (nSPS) is 20.1. The number of hydrogen-bond donors (Lipinski definition) is 8. The summed E-state index contributed by atoms with van der Waals surface area (Å²) in [7, 11) is 1.26. The first-order valence-electron chi connectivity index (χ1n) is 13.5. The monoisotopic (exact) mass is 608 g/mol. The van der Waals surface area contributed by atoms with Crippen molar-refractivity contribution in [3.8, 4) is 5.75 Å². The highest BCUT2D eigenvalue weighted by Gasteiger charge is 2.44. The van der Waals surface area contributed by atoms with E-state index in [1.807, 2.05) is 0 Å². The van der Waals surface area contributed by atoms with E-state index in [9.17, 15) is 24.9 Å². The minimum atomic E-state index is -1.27. The van der Waals surface area contributed by atoms with Crippen molar-refractivity contribution in [1.29, 1.82) is 0 Å². The van der Waals surface area contributed by atoms with Gasteiger partial charge in [-0.2, -0.15) is 0 Å². The smallest absolute Gasteiger partial charge is 0.338 e. The minimum absolute atomic E-state index is 0.0245. The predicted octanol–water partition coefficient (Wildman–Crippen LogP) is -0.211. The van der Waals surface area contributed by atoms with Gasteiger partial charge in [-0.3, -0.25) is 9.56 Å². The van der Waals surface area contributed by atoms with Crippen LogP contribution in [0.2, 0.25) is 0 Å². The number of aliphatic hydroxyl groups is 2. The van der Waals surface area contributed by atoms with Gasteiger partial charge in [-0.25, -0.2) is 24.5 Å². The largest absolute Gasteiger partial charge is 0.507 e. The van der Waals surface area contributed by atoms with E-state index in [-0.39, 0.29) is 29.6 Å². The van der Waals surface area contributed by atoms with Gasteiger partial charge in [-0.15, -0.1) is 0 Å². The third-order valence-corrected chi connectivity index (χ3v) is 7.00. The summed E-state index contributed by atoms with van der Waals surface area (Å²) in [5.74, 6) is -0.399. The van der Waals surface area contributed by atoms with Crippen molar-refractivity contribution in [3.05, 3.63) is 48.5 Å². The number of nitrogens with zero attached hydrogens (tertiary/aromatic N) is 5. The van der Waals surface area contributed by atoms with Crippen LogP contribution in [0.1, 0.15) is 23.0 Å². The number of aliphatic hydroxyl groups excluding tert-OH is 2. The number of esters is 1. The third kappa shape index (κ3) is 6.38. The van der Waals surface area contributed by atoms with Crippen LogP contribution >= 0.6 is 0 Å². The average Bonchev–Trinajstić information content (AvgIpc) is 3.56. The number of nitrogens with one attached hydrogen (secondary N) is 3. The number of guanidine groups is 1. The van der Waals surface area contributed by atoms with E-state index in [2.05, 4.69) is 40.6 Å². The molecule has 1 unspecified atom stereocenters. The molecular weight excluding hydrogens is 576 g/mol. The van der Waals surface area contributed by atoms with Crippen molar-refractivity contribution in [2.24, 2.45) is 10.7 Å². The van der Waals surface area contributed by atoms with Crippen molar-refractivity contribution < 1.29 is 34.4 Å². The molecule has 17 heteroatoms. The van der Waals surface area contributed by atoms with Crippen LogP contribution in [0.15, 0.2) is 48.0 Å². The van der Waals surface area contributed by atoms with E-state index in [1.165, 1.54) is 30.4 Å². The Kier molecular flexibility index (Phi) is 8.88. The Morgan fingerprint density at radius 2 is 1.91 bits per heavy atom. The summed E-state index contributed by atoms with van der Waals surface area (Å²) in [5, 5.41) is 40.8. The molecule has 17 nitrogen and oxygen atoms in total. The number of fused-ring (bicyclic) bond motifs is 2. The molecule has 1 fully saturated rings. The van der Waals surface area contributed by atoms with Crippen LogP contribution in [-0.2, 0) is 9.47 Å². The number of rotatable bonds is 9. The molecule has 0 aliphatic carbocycles. The Balaban J connectivity index is 1.05. The fraction of sp³-hybridized carbons (Fsp3) is 0.333. The molecule has 0 saturated carbocycles. The summed E-state index contributed by atoms with van der Waals surface area (Å²) >= 11 is 0. The summed E-state index contributed by atoms with van der Waals surface area (Å²) < 4.78 is 12.0. The lowest BCUT2D eigenvalue weighted by Crippen LogP contribution is -2.37. The van der Waals surface area contributed by atoms with Crippen molar-refractivity contribution >= 4 is 51.4 Å². The zero-order valence-electron chi connectivity index (χ0n) is 23.5. The zero-order chi connectivity index (χ0) is 31.4. The van der Waals surface area contributed by atoms with E-state index in [1.54, 1.807) is 24.3 Å². The van der Waals surface area contributed by atoms with Gasteiger partial charge in [0.2, 0.25) is 0 Å². The standard InChI is InChI=1S/C27H32N10O7/c1-43-25(41)14-7-13-3-4-15(9-16(13)17(38)8-14)36-27(42)31-6-2-5-30-26(29)32-10-18-20(39)21(40)24(44-18)37-12-35-19-22(28)33-11-34-23(19)37/h3-4,7-9,11-12,18,20-21,24,38-40H,2,5-6,10H2,1H3,(H2,28,33,34)(H3,29,30,32)(H2,31,36,42)/t18-,20?,21+,24-/m1/s1. The average molecular weight is 609 g/mol. The number of amides is 2. The molecule has 3 heterocycles. The number of phenols is 1. The van der Waals surface area contributed by atoms with Crippen LogP contribution in [0.5, 0.6) is 5.75 Å². The second kappa shape index (κ2) is 12.9. The Bertz CT molecular complexity index is 1710. The van der Waals surface area contributed by atoms with Crippen LogP contribution < -0.4 is 27.4 Å². The molecule has 10 N–H and O–H groups in total. The predicted molar refractivity (Wildman–Crippen MR) is 159 cm³/mol. The lowest BCUT2D eigenvalue weighted by Gasteiger charge is -2.16. The summed E-state index contributed by atoms with van der Waals surface area (Å²) in [6, 6.07) is 7.36. The van der Waals surface area contributed by atoms with Gasteiger partial charge in [0.1, 0.15) is 35.9 Å². The second-order valence-electron chi connectivity index (χ2n) is 9.94. The number of aromatic nitrogens is 4. The zero-order valence-corrected chi connectivity index (χ0v) is 23.5. The number of nitrogen functional groups attached to an aromatic ring is 1. The number of carbonyl (C=O) groups excluding carboxylic acids is 2. The first-order chi connectivity index (χ1) is 21.2. The highest BCUT2D eigenvalue weighted by atomic mass is 16.6. The van der Waals surface area contributed by atoms with Gasteiger partial charge in [-0.1, -0.05) is 6.07 Å². The molecule has 1 aliphatic heterocycles. The summed E-state index contributed by atoms with van der Waals surface area (Å²) in [6.07, 6.45) is -1.12. The number of methoxy groups -OCH3 is 1. The maximum absolute atomic E-state index is 12.3. The van der Waals surface area contributed by atoms with Crippen molar-refractivity contribution in [2.75, 3.05) is 37.8 Å². The number of aromatic hydroxyl groups is 1. The molecule has 0 bridgehead atoms. The van der Waals surface area contributed by atoms with Gasteiger partial charge >= 0.3 is 12.0 Å². The molecule has 4 atom stereocenters. The Labute approximate surface area is 249 Å². The van der Waals surface area contributed by atoms with Crippen molar-refractivity contribution in [3.63, 3.8) is 0 Å². The van der Waals surface area contributed by atoms with Gasteiger partial charge in [0.25, 0.3) is 0 Å². The number of hydrogen-bond acceptors (Lipinski definition) is 12. The van der Waals surface area contributed by atoms with Gasteiger partial charge in [0, 0.05) is 24.2 Å². The van der Waals surface area contributed by atoms with E-state index in [0.29, 0.717) is 47.1 Å². The lowest BCUT2D eigenvalue weighted by molar-refractivity contribution is -0.0320. The second-order valence-corrected chi connectivity index (χ2v) is 9.94. The molecule has 1 saturated heterocycles. The fourth-order valence-corrected chi connectivity index (χ4v) is 4.74. The van der Waals surface area contributed by atoms with E-state index in [0.717, 1.165) is 0 Å². The minimum Gasteiger partial charge on any atom is -0.507 e. The van der Waals surface area contributed by atoms with Gasteiger partial charge in [0.15, 0.2) is 23.7 Å². The molecule has 5 rings (SSSR count). The number of imidazole rings is 1. The fourth-order valence-electron chi connectivity index (χ4n) is 4.74. The van der Waals surface area contributed by atoms with Crippen LogP contribution in [0.4, 0.5) is 16.3 Å². The summed E-state index contributed by atoms with van der Waals surface area (Å²) in [6.45, 7) is 0.686. The molecular formula is C27H32N10O7. The Hall–Kier alpha value is -5.26. The Morgan fingerprint density at radius 3 is 2.70 bits per heavy atom. The summed E-state index contributed by atoms with van der Waals surface area (Å²) in [5.41, 5.74) is 13.1. The quantitative estimate of drug-likeness (QED) is 0.0530. The van der Waals surface area contributed by atoms with Gasteiger partial charge < -0.3 is 52.2 Å². The number of aliphatic imine (C=N–C) groups is 1. The Morgan fingerprint density at radius 1 is 1.11 bits per heavy atom. The number of phenolic OH excluding ortho intramolecular Hbond substituents is 1. The molecule has 2 aromatic heterocycles. The number of nitrogens with two attached hydrogens (primary N) is 2. The molecule has 4 aromatic rings.